The number of benzene rings is 1. The summed E-state index contributed by atoms with van der Waals surface area (Å²) in [5.74, 6) is -2.50. The van der Waals surface area contributed by atoms with E-state index in [1.54, 1.807) is 19.1 Å². The Kier molecular flexibility index (Phi) is 4.80. The number of aliphatic carboxylic acids is 1. The van der Waals surface area contributed by atoms with Gasteiger partial charge in [0.2, 0.25) is 6.43 Å². The minimum Gasteiger partial charge on any atom is -0.480 e. The topological polar surface area (TPSA) is 79.5 Å². The van der Waals surface area contributed by atoms with Crippen LogP contribution in [0.2, 0.25) is 0 Å². The minimum absolute atomic E-state index is 0.128. The first-order valence-electron chi connectivity index (χ1n) is 6.29. The van der Waals surface area contributed by atoms with Crippen molar-refractivity contribution in [2.45, 2.75) is 25.8 Å². The van der Waals surface area contributed by atoms with Gasteiger partial charge in [-0.05, 0) is 30.7 Å². The lowest BCUT2D eigenvalue weighted by molar-refractivity contribution is -0.140. The van der Waals surface area contributed by atoms with Crippen LogP contribution >= 0.6 is 15.9 Å². The molecule has 1 aromatic heterocycles. The summed E-state index contributed by atoms with van der Waals surface area (Å²) in [6.45, 7) is 1.79. The van der Waals surface area contributed by atoms with Crippen molar-refractivity contribution in [1.82, 2.24) is 5.32 Å². The Bertz CT molecular complexity index is 729. The fraction of sp³-hybridized carbons (Fsp3) is 0.286. The monoisotopic (exact) mass is 375 g/mol. The lowest BCUT2D eigenvalue weighted by atomic mass is 10.2. The quantitative estimate of drug-likeness (QED) is 0.839. The van der Waals surface area contributed by atoms with E-state index in [-0.39, 0.29) is 5.76 Å². The third kappa shape index (κ3) is 3.62. The van der Waals surface area contributed by atoms with Crippen molar-refractivity contribution < 1.29 is 27.9 Å². The van der Waals surface area contributed by atoms with Crippen LogP contribution in [-0.4, -0.2) is 29.5 Å². The molecule has 0 radical (unpaired) electrons. The first-order chi connectivity index (χ1) is 10.3. The number of carbonyl (C=O) groups is 2. The minimum atomic E-state index is -2.84. The second-order valence-corrected chi connectivity index (χ2v) is 5.66. The van der Waals surface area contributed by atoms with E-state index >= 15 is 0 Å². The predicted octanol–water partition coefficient (Wildman–Crippen LogP) is 3.34. The lowest BCUT2D eigenvalue weighted by Crippen LogP contribution is -2.41. The Morgan fingerprint density at radius 3 is 2.64 bits per heavy atom. The highest BCUT2D eigenvalue weighted by Gasteiger charge is 2.26. The predicted molar refractivity (Wildman–Crippen MR) is 78.2 cm³/mol. The van der Waals surface area contributed by atoms with Crippen LogP contribution < -0.4 is 5.32 Å². The van der Waals surface area contributed by atoms with Crippen LogP contribution in [0.25, 0.3) is 11.0 Å². The van der Waals surface area contributed by atoms with Crippen LogP contribution in [0, 0.1) is 6.92 Å². The molecule has 5 nitrogen and oxygen atoms in total. The molecule has 118 valence electrons. The molecule has 0 aliphatic carbocycles. The van der Waals surface area contributed by atoms with Gasteiger partial charge in [-0.3, -0.25) is 4.79 Å². The summed E-state index contributed by atoms with van der Waals surface area (Å²) < 4.78 is 30.8. The van der Waals surface area contributed by atoms with Crippen molar-refractivity contribution in [3.63, 3.8) is 0 Å². The Labute approximate surface area is 132 Å². The number of hydrogen-bond donors (Lipinski definition) is 2. The number of nitrogens with one attached hydrogen (secondary N) is 1. The van der Waals surface area contributed by atoms with Crippen molar-refractivity contribution >= 4 is 38.8 Å². The highest BCUT2D eigenvalue weighted by atomic mass is 79.9. The summed E-state index contributed by atoms with van der Waals surface area (Å²) in [6, 6.07) is 3.29. The molecule has 2 rings (SSSR count). The molecule has 1 atom stereocenters. The molecule has 0 spiro atoms. The van der Waals surface area contributed by atoms with E-state index in [0.717, 1.165) is 10.0 Å². The maximum atomic E-state index is 12.3. The number of carbonyl (C=O) groups excluding carboxylic acids is 1. The zero-order valence-corrected chi connectivity index (χ0v) is 13.0. The largest absolute Gasteiger partial charge is 0.480 e. The van der Waals surface area contributed by atoms with E-state index in [1.807, 2.05) is 5.32 Å². The Balaban J connectivity index is 2.25. The third-order valence-corrected chi connectivity index (χ3v) is 3.47. The normalized spacial score (nSPS) is 12.6. The van der Waals surface area contributed by atoms with E-state index in [0.29, 0.717) is 11.0 Å². The molecule has 0 aliphatic heterocycles. The van der Waals surface area contributed by atoms with Crippen molar-refractivity contribution in [1.29, 1.82) is 0 Å². The van der Waals surface area contributed by atoms with Gasteiger partial charge in [0.05, 0.1) is 0 Å². The van der Waals surface area contributed by atoms with Crippen LogP contribution in [0.15, 0.2) is 27.1 Å². The van der Waals surface area contributed by atoms with Gasteiger partial charge in [0.25, 0.3) is 5.91 Å². The highest BCUT2D eigenvalue weighted by Crippen LogP contribution is 2.27. The fourth-order valence-corrected chi connectivity index (χ4v) is 2.61. The number of hydrogen-bond acceptors (Lipinski definition) is 3. The number of amides is 1. The number of carboxylic acids is 1. The smallest absolute Gasteiger partial charge is 0.326 e. The van der Waals surface area contributed by atoms with Gasteiger partial charge < -0.3 is 14.8 Å². The van der Waals surface area contributed by atoms with Gasteiger partial charge in [-0.1, -0.05) is 15.9 Å². The average Bonchev–Trinajstić information content (AvgIpc) is 2.81. The molecule has 0 saturated carbocycles. The highest BCUT2D eigenvalue weighted by molar-refractivity contribution is 9.10. The average molecular weight is 376 g/mol. The summed E-state index contributed by atoms with van der Waals surface area (Å²) in [5.41, 5.74) is 1.26. The number of fused-ring (bicyclic) bond motifs is 1. The van der Waals surface area contributed by atoms with Gasteiger partial charge >= 0.3 is 5.97 Å². The number of furan rings is 1. The Hall–Kier alpha value is -1.96. The number of halogens is 3. The van der Waals surface area contributed by atoms with Crippen molar-refractivity contribution in [2.75, 3.05) is 0 Å². The number of rotatable bonds is 5. The molecule has 1 heterocycles. The van der Waals surface area contributed by atoms with Crippen LogP contribution in [0.5, 0.6) is 0 Å². The first kappa shape index (κ1) is 16.4. The van der Waals surface area contributed by atoms with Gasteiger partial charge in [0, 0.05) is 16.3 Å². The third-order valence-electron chi connectivity index (χ3n) is 3.01. The lowest BCUT2D eigenvalue weighted by Gasteiger charge is -2.12. The van der Waals surface area contributed by atoms with Gasteiger partial charge in [0.15, 0.2) is 5.76 Å². The summed E-state index contributed by atoms with van der Waals surface area (Å²) in [5, 5.41) is 11.5. The van der Waals surface area contributed by atoms with Crippen molar-refractivity contribution in [3.05, 3.63) is 34.0 Å². The van der Waals surface area contributed by atoms with Gasteiger partial charge in [0.1, 0.15) is 11.6 Å². The van der Waals surface area contributed by atoms with Gasteiger partial charge in [-0.25, -0.2) is 13.6 Å². The molecular formula is C14H12BrF2NO4. The molecule has 2 aromatic rings. The zero-order valence-electron chi connectivity index (χ0n) is 11.4. The molecule has 1 aromatic carbocycles. The number of carboxylic acid groups (broad SMARTS) is 1. The van der Waals surface area contributed by atoms with Crippen molar-refractivity contribution in [2.24, 2.45) is 0 Å². The molecule has 0 bridgehead atoms. The Morgan fingerprint density at radius 2 is 2.05 bits per heavy atom. The van der Waals surface area contributed by atoms with E-state index < -0.39 is 30.8 Å². The van der Waals surface area contributed by atoms with Crippen LogP contribution in [0.4, 0.5) is 8.78 Å². The fourth-order valence-electron chi connectivity index (χ4n) is 2.02. The van der Waals surface area contributed by atoms with E-state index in [4.69, 9.17) is 9.52 Å². The number of alkyl halides is 2. The zero-order chi connectivity index (χ0) is 16.4. The molecule has 22 heavy (non-hydrogen) atoms. The van der Waals surface area contributed by atoms with Gasteiger partial charge in [-0.2, -0.15) is 0 Å². The second-order valence-electron chi connectivity index (χ2n) is 4.74. The molecule has 1 amide bonds. The van der Waals surface area contributed by atoms with Gasteiger partial charge in [-0.15, -0.1) is 0 Å². The molecule has 8 heteroatoms. The van der Waals surface area contributed by atoms with Crippen molar-refractivity contribution in [3.8, 4) is 0 Å². The van der Waals surface area contributed by atoms with Crippen LogP contribution in [0.3, 0.4) is 0 Å². The van der Waals surface area contributed by atoms with E-state index in [1.165, 1.54) is 6.07 Å². The SMILES string of the molecule is Cc1cc(Br)cc2cc(C(=O)NC(CC(F)F)C(=O)O)oc12. The maximum absolute atomic E-state index is 12.3. The van der Waals surface area contributed by atoms with E-state index in [9.17, 15) is 18.4 Å². The molecule has 0 fully saturated rings. The maximum Gasteiger partial charge on any atom is 0.326 e. The molecular weight excluding hydrogens is 364 g/mol. The standard InChI is InChI=1S/C14H12BrF2NO4/c1-6-2-8(15)3-7-4-10(22-12(6)7)13(19)18-9(14(20)21)5-11(16)17/h2-4,9,11H,5H2,1H3,(H,18,19)(H,20,21). The van der Waals surface area contributed by atoms with Crippen LogP contribution in [-0.2, 0) is 4.79 Å². The molecule has 0 aliphatic rings. The van der Waals surface area contributed by atoms with E-state index in [2.05, 4.69) is 15.9 Å². The van der Waals surface area contributed by atoms with Crippen LogP contribution in [0.1, 0.15) is 22.5 Å². The Morgan fingerprint density at radius 1 is 1.36 bits per heavy atom. The molecule has 1 unspecified atom stereocenters. The summed E-state index contributed by atoms with van der Waals surface area (Å²) in [7, 11) is 0. The molecule has 2 N–H and O–H groups in total. The summed E-state index contributed by atoms with van der Waals surface area (Å²) in [4.78, 5) is 22.9. The second kappa shape index (κ2) is 6.43. The summed E-state index contributed by atoms with van der Waals surface area (Å²) >= 11 is 3.31. The first-order valence-corrected chi connectivity index (χ1v) is 7.08. The molecule has 0 saturated heterocycles. The number of aryl methyl sites for hydroxylation is 1. The summed E-state index contributed by atoms with van der Waals surface area (Å²) in [6.07, 6.45) is -3.80.